The van der Waals surface area contributed by atoms with Gasteiger partial charge in [-0.2, -0.15) is 0 Å². The summed E-state index contributed by atoms with van der Waals surface area (Å²) < 4.78 is 0. The maximum Gasteiger partial charge on any atom is 0.269 e. The van der Waals surface area contributed by atoms with E-state index < -0.39 is 0 Å². The van der Waals surface area contributed by atoms with Crippen LogP contribution in [0.3, 0.4) is 0 Å². The molecular weight excluding hydrogens is 284 g/mol. The molecule has 0 saturated carbocycles. The predicted octanol–water partition coefficient (Wildman–Crippen LogP) is 3.36. The van der Waals surface area contributed by atoms with Crippen molar-refractivity contribution in [2.75, 3.05) is 16.4 Å². The minimum absolute atomic E-state index is 0.231. The van der Waals surface area contributed by atoms with Gasteiger partial charge in [-0.1, -0.05) is 30.4 Å². The summed E-state index contributed by atoms with van der Waals surface area (Å²) in [5.41, 5.74) is 7.80. The lowest BCUT2D eigenvalue weighted by atomic mass is 10.1. The molecule has 0 fully saturated rings. The summed E-state index contributed by atoms with van der Waals surface area (Å²) in [5, 5.41) is 6.65. The highest BCUT2D eigenvalue weighted by Gasteiger charge is 2.16. The Balaban J connectivity index is 2.10. The Labute approximate surface area is 128 Å². The first-order chi connectivity index (χ1) is 9.99. The third-order valence-corrected chi connectivity index (χ3v) is 3.89. The van der Waals surface area contributed by atoms with Gasteiger partial charge in [0, 0.05) is 11.7 Å². The molecule has 0 saturated heterocycles. The fourth-order valence-electron chi connectivity index (χ4n) is 1.81. The number of carbonyl (C=O) groups is 1. The number of aryl methyl sites for hydroxylation is 1. The minimum Gasteiger partial charge on any atom is -0.382 e. The van der Waals surface area contributed by atoms with Crippen molar-refractivity contribution in [2.45, 2.75) is 33.2 Å². The number of aromatic nitrogens is 1. The van der Waals surface area contributed by atoms with Crippen LogP contribution in [0.4, 0.5) is 16.6 Å². The number of hydrogen-bond donors (Lipinski definition) is 3. The molecule has 0 radical (unpaired) electrons. The van der Waals surface area contributed by atoms with Gasteiger partial charge in [0.1, 0.15) is 10.7 Å². The maximum absolute atomic E-state index is 12.2. The number of rotatable bonds is 5. The number of nitrogens with two attached hydrogens (primary N) is 1. The average Bonchev–Trinajstić information content (AvgIpc) is 2.79. The van der Waals surface area contributed by atoms with Crippen LogP contribution in [0.25, 0.3) is 0 Å². The van der Waals surface area contributed by atoms with Crippen LogP contribution in [0.15, 0.2) is 24.3 Å². The van der Waals surface area contributed by atoms with Gasteiger partial charge in [-0.05, 0) is 38.0 Å². The lowest BCUT2D eigenvalue weighted by molar-refractivity contribution is 0.103. The zero-order chi connectivity index (χ0) is 15.4. The topological polar surface area (TPSA) is 80.0 Å². The fraction of sp³-hybridized carbons (Fsp3) is 0.333. The first kappa shape index (κ1) is 15.3. The molecule has 0 bridgehead atoms. The molecule has 112 valence electrons. The van der Waals surface area contributed by atoms with Gasteiger partial charge in [-0.15, -0.1) is 0 Å². The van der Waals surface area contributed by atoms with Crippen molar-refractivity contribution in [3.63, 3.8) is 0 Å². The third-order valence-electron chi connectivity index (χ3n) is 2.89. The molecule has 1 aromatic heterocycles. The first-order valence-electron chi connectivity index (χ1n) is 6.92. The van der Waals surface area contributed by atoms with Crippen LogP contribution in [-0.4, -0.2) is 16.9 Å². The number of thiazole rings is 1. The van der Waals surface area contributed by atoms with E-state index in [0.717, 1.165) is 12.1 Å². The summed E-state index contributed by atoms with van der Waals surface area (Å²) in [4.78, 5) is 16.8. The zero-order valence-corrected chi connectivity index (χ0v) is 13.3. The molecular formula is C15H20N4OS. The Bertz CT molecular complexity index is 619. The van der Waals surface area contributed by atoms with Crippen molar-refractivity contribution in [1.29, 1.82) is 0 Å². The number of amides is 1. The van der Waals surface area contributed by atoms with Gasteiger partial charge in [-0.25, -0.2) is 4.98 Å². The van der Waals surface area contributed by atoms with Crippen LogP contribution in [0, 0.1) is 0 Å². The van der Waals surface area contributed by atoms with Gasteiger partial charge in [0.15, 0.2) is 5.13 Å². The van der Waals surface area contributed by atoms with E-state index in [0.29, 0.717) is 10.0 Å². The van der Waals surface area contributed by atoms with Gasteiger partial charge in [0.2, 0.25) is 0 Å². The fourth-order valence-corrected chi connectivity index (χ4v) is 2.74. The van der Waals surface area contributed by atoms with E-state index in [-0.39, 0.29) is 17.8 Å². The summed E-state index contributed by atoms with van der Waals surface area (Å²) in [6.07, 6.45) is 0.972. The first-order valence-corrected chi connectivity index (χ1v) is 7.74. The second-order valence-corrected chi connectivity index (χ2v) is 6.04. The van der Waals surface area contributed by atoms with Crippen molar-refractivity contribution in [3.05, 3.63) is 34.7 Å². The zero-order valence-electron chi connectivity index (χ0n) is 12.4. The molecule has 5 nitrogen and oxygen atoms in total. The molecule has 4 N–H and O–H groups in total. The van der Waals surface area contributed by atoms with Gasteiger partial charge in [-0.3, -0.25) is 4.79 Å². The van der Waals surface area contributed by atoms with Crippen LogP contribution in [-0.2, 0) is 6.42 Å². The molecule has 2 aromatic rings. The highest BCUT2D eigenvalue weighted by atomic mass is 32.1. The molecule has 1 heterocycles. The van der Waals surface area contributed by atoms with Gasteiger partial charge in [0.25, 0.3) is 5.91 Å². The number of nitrogen functional groups attached to an aromatic ring is 1. The van der Waals surface area contributed by atoms with Crippen LogP contribution >= 0.6 is 11.3 Å². The molecule has 0 spiro atoms. The quantitative estimate of drug-likeness (QED) is 0.791. The van der Waals surface area contributed by atoms with E-state index in [9.17, 15) is 4.79 Å². The normalized spacial score (nSPS) is 10.7. The summed E-state index contributed by atoms with van der Waals surface area (Å²) >= 11 is 1.26. The Morgan fingerprint density at radius 1 is 1.33 bits per heavy atom. The summed E-state index contributed by atoms with van der Waals surface area (Å²) in [6.45, 7) is 6.11. The number of nitrogens with zero attached hydrogens (tertiary/aromatic N) is 1. The Hall–Kier alpha value is -2.08. The van der Waals surface area contributed by atoms with Gasteiger partial charge < -0.3 is 16.4 Å². The van der Waals surface area contributed by atoms with Crippen molar-refractivity contribution in [3.8, 4) is 0 Å². The monoisotopic (exact) mass is 304 g/mol. The molecule has 2 rings (SSSR count). The molecule has 1 aromatic carbocycles. The van der Waals surface area contributed by atoms with Crippen LogP contribution in [0.2, 0.25) is 0 Å². The molecule has 21 heavy (non-hydrogen) atoms. The second kappa shape index (κ2) is 6.58. The van der Waals surface area contributed by atoms with Gasteiger partial charge >= 0.3 is 0 Å². The van der Waals surface area contributed by atoms with Crippen molar-refractivity contribution in [2.24, 2.45) is 0 Å². The van der Waals surface area contributed by atoms with Gasteiger partial charge in [0.05, 0.1) is 0 Å². The van der Waals surface area contributed by atoms with Crippen molar-refractivity contribution >= 4 is 33.9 Å². The molecule has 6 heteroatoms. The summed E-state index contributed by atoms with van der Waals surface area (Å²) in [5.74, 6) is 0.0249. The number of anilines is 3. The molecule has 1 amide bonds. The lowest BCUT2D eigenvalue weighted by Gasteiger charge is -2.05. The highest BCUT2D eigenvalue weighted by Crippen LogP contribution is 2.26. The van der Waals surface area contributed by atoms with E-state index in [1.807, 2.05) is 38.1 Å². The largest absolute Gasteiger partial charge is 0.382 e. The lowest BCUT2D eigenvalue weighted by Crippen LogP contribution is -2.12. The predicted molar refractivity (Wildman–Crippen MR) is 89.1 cm³/mol. The number of nitrogens with one attached hydrogen (secondary N) is 2. The minimum atomic E-state index is -0.231. The SMILES string of the molecule is CCc1ccc(NC(=O)c2sc(NC(C)C)nc2N)cc1. The smallest absolute Gasteiger partial charge is 0.269 e. The molecule has 0 unspecified atom stereocenters. The molecule has 0 atom stereocenters. The molecule has 0 aliphatic heterocycles. The standard InChI is InChI=1S/C15H20N4OS/c1-4-10-5-7-11(8-6-10)18-14(20)12-13(16)19-15(21-12)17-9(2)3/h5-9H,4,16H2,1-3H3,(H,17,19)(H,18,20). The van der Waals surface area contributed by atoms with E-state index in [1.165, 1.54) is 16.9 Å². The Morgan fingerprint density at radius 2 is 2.00 bits per heavy atom. The molecule has 0 aliphatic rings. The number of benzene rings is 1. The van der Waals surface area contributed by atoms with Crippen LogP contribution < -0.4 is 16.4 Å². The summed E-state index contributed by atoms with van der Waals surface area (Å²) in [6, 6.07) is 8.02. The van der Waals surface area contributed by atoms with Crippen molar-refractivity contribution in [1.82, 2.24) is 4.98 Å². The number of hydrogen-bond acceptors (Lipinski definition) is 5. The van der Waals surface area contributed by atoms with E-state index in [1.54, 1.807) is 0 Å². The second-order valence-electron chi connectivity index (χ2n) is 5.04. The number of carbonyl (C=O) groups excluding carboxylic acids is 1. The van der Waals surface area contributed by atoms with E-state index >= 15 is 0 Å². The van der Waals surface area contributed by atoms with Crippen LogP contribution in [0.1, 0.15) is 36.0 Å². The molecule has 0 aliphatic carbocycles. The van der Waals surface area contributed by atoms with E-state index in [4.69, 9.17) is 5.73 Å². The summed E-state index contributed by atoms with van der Waals surface area (Å²) in [7, 11) is 0. The third kappa shape index (κ3) is 3.95. The maximum atomic E-state index is 12.2. The van der Waals surface area contributed by atoms with E-state index in [2.05, 4.69) is 22.5 Å². The average molecular weight is 304 g/mol. The Kier molecular flexibility index (Phi) is 4.80. The van der Waals surface area contributed by atoms with Crippen molar-refractivity contribution < 1.29 is 4.79 Å². The Morgan fingerprint density at radius 3 is 2.57 bits per heavy atom. The highest BCUT2D eigenvalue weighted by molar-refractivity contribution is 7.18. The van der Waals surface area contributed by atoms with Crippen LogP contribution in [0.5, 0.6) is 0 Å².